The third-order valence-corrected chi connectivity index (χ3v) is 4.56. The number of hydrogen-bond donors (Lipinski definition) is 1. The van der Waals surface area contributed by atoms with Gasteiger partial charge in [0.05, 0.1) is 25.9 Å². The molecule has 1 heterocycles. The number of aromatic nitrogens is 1. The van der Waals surface area contributed by atoms with Gasteiger partial charge in [0.25, 0.3) is 0 Å². The molecular weight excluding hydrogens is 354 g/mol. The lowest BCUT2D eigenvalue weighted by Crippen LogP contribution is -2.40. The van der Waals surface area contributed by atoms with E-state index in [1.165, 1.54) is 0 Å². The zero-order valence-corrected chi connectivity index (χ0v) is 16.2. The van der Waals surface area contributed by atoms with E-state index in [9.17, 15) is 4.79 Å². The molecule has 1 amide bonds. The number of methoxy groups -OCH3 is 2. The van der Waals surface area contributed by atoms with E-state index in [4.69, 9.17) is 21.1 Å². The molecule has 0 radical (unpaired) electrons. The smallest absolute Gasteiger partial charge is 0.241 e. The van der Waals surface area contributed by atoms with Crippen molar-refractivity contribution in [2.24, 2.45) is 0 Å². The van der Waals surface area contributed by atoms with E-state index in [0.29, 0.717) is 23.7 Å². The van der Waals surface area contributed by atoms with Crippen molar-refractivity contribution in [1.82, 2.24) is 9.88 Å². The van der Waals surface area contributed by atoms with E-state index in [1.807, 2.05) is 37.1 Å². The van der Waals surface area contributed by atoms with Gasteiger partial charge in [0.15, 0.2) is 16.7 Å². The van der Waals surface area contributed by atoms with Gasteiger partial charge in [-0.2, -0.15) is 0 Å². The van der Waals surface area contributed by atoms with Crippen LogP contribution in [-0.2, 0) is 11.2 Å². The number of ether oxygens (including phenoxy) is 2. The first-order chi connectivity index (χ1) is 12.5. The number of anilines is 1. The maximum absolute atomic E-state index is 12.4. The molecule has 0 saturated heterocycles. The minimum Gasteiger partial charge on any atom is -0.493 e. The number of carbonyl (C=O) groups excluding carboxylic acids is 1. The van der Waals surface area contributed by atoms with Crippen molar-refractivity contribution in [2.75, 3.05) is 33.1 Å². The first kappa shape index (κ1) is 20.0. The van der Waals surface area contributed by atoms with Gasteiger partial charge in [0.1, 0.15) is 0 Å². The summed E-state index contributed by atoms with van der Waals surface area (Å²) in [4.78, 5) is 18.4. The van der Waals surface area contributed by atoms with E-state index in [-0.39, 0.29) is 17.1 Å². The second-order valence-corrected chi connectivity index (χ2v) is 6.28. The molecule has 6 nitrogen and oxygen atoms in total. The van der Waals surface area contributed by atoms with Gasteiger partial charge >= 0.3 is 0 Å². The van der Waals surface area contributed by atoms with Crippen LogP contribution in [0.4, 0.5) is 5.69 Å². The standard InChI is InChI=1S/C19H24ClN3O3/c1-13(19(24)22-15-6-5-10-21-18(15)20)23(2)11-9-14-7-8-16(25-3)17(12-14)26-4/h5-8,10,12-13H,9,11H2,1-4H3,(H,22,24). The summed E-state index contributed by atoms with van der Waals surface area (Å²) in [5, 5.41) is 3.09. The van der Waals surface area contributed by atoms with Crippen molar-refractivity contribution in [2.45, 2.75) is 19.4 Å². The fraction of sp³-hybridized carbons (Fsp3) is 0.368. The van der Waals surface area contributed by atoms with Crippen LogP contribution in [0.25, 0.3) is 0 Å². The van der Waals surface area contributed by atoms with E-state index in [0.717, 1.165) is 12.0 Å². The summed E-state index contributed by atoms with van der Waals surface area (Å²) >= 11 is 5.99. The van der Waals surface area contributed by atoms with Gasteiger partial charge < -0.3 is 14.8 Å². The molecule has 2 aromatic rings. The van der Waals surface area contributed by atoms with Crippen molar-refractivity contribution >= 4 is 23.2 Å². The normalized spacial score (nSPS) is 11.9. The Morgan fingerprint density at radius 3 is 2.65 bits per heavy atom. The van der Waals surface area contributed by atoms with Gasteiger partial charge in [0.2, 0.25) is 5.91 Å². The SMILES string of the molecule is COc1ccc(CCN(C)C(C)C(=O)Nc2cccnc2Cl)cc1OC. The van der Waals surface area contributed by atoms with Gasteiger partial charge in [-0.05, 0) is 50.2 Å². The number of benzene rings is 1. The van der Waals surface area contributed by atoms with Gasteiger partial charge in [-0.3, -0.25) is 9.69 Å². The number of likely N-dealkylation sites (N-methyl/N-ethyl adjacent to an activating group) is 1. The number of pyridine rings is 1. The summed E-state index contributed by atoms with van der Waals surface area (Å²) in [6.07, 6.45) is 2.36. The molecule has 2 rings (SSSR count). The maximum Gasteiger partial charge on any atom is 0.241 e. The average molecular weight is 378 g/mol. The van der Waals surface area contributed by atoms with Crippen LogP contribution < -0.4 is 14.8 Å². The Balaban J connectivity index is 1.93. The molecule has 140 valence electrons. The second-order valence-electron chi connectivity index (χ2n) is 5.93. The molecule has 0 fully saturated rings. The highest BCUT2D eigenvalue weighted by Gasteiger charge is 2.19. The average Bonchev–Trinajstić information content (AvgIpc) is 2.66. The number of rotatable bonds is 8. The number of nitrogens with zero attached hydrogens (tertiary/aromatic N) is 2. The van der Waals surface area contributed by atoms with Gasteiger partial charge in [-0.1, -0.05) is 17.7 Å². The quantitative estimate of drug-likeness (QED) is 0.715. The predicted molar refractivity (Wildman–Crippen MR) is 103 cm³/mol. The Hall–Kier alpha value is -2.31. The van der Waals surface area contributed by atoms with Gasteiger partial charge in [0, 0.05) is 12.7 Å². The number of carbonyl (C=O) groups is 1. The summed E-state index contributed by atoms with van der Waals surface area (Å²) < 4.78 is 10.6. The molecule has 1 aromatic carbocycles. The molecular formula is C19H24ClN3O3. The predicted octanol–water partition coefficient (Wildman–Crippen LogP) is 3.25. The molecule has 7 heteroatoms. The Bertz CT molecular complexity index is 755. The lowest BCUT2D eigenvalue weighted by molar-refractivity contribution is -0.120. The lowest BCUT2D eigenvalue weighted by Gasteiger charge is -2.24. The first-order valence-corrected chi connectivity index (χ1v) is 8.66. The van der Waals surface area contributed by atoms with Gasteiger partial charge in [-0.25, -0.2) is 4.98 Å². The van der Waals surface area contributed by atoms with E-state index in [1.54, 1.807) is 32.5 Å². The van der Waals surface area contributed by atoms with Crippen molar-refractivity contribution < 1.29 is 14.3 Å². The minimum atomic E-state index is -0.314. The highest BCUT2D eigenvalue weighted by Crippen LogP contribution is 2.27. The van der Waals surface area contributed by atoms with Crippen LogP contribution in [0.1, 0.15) is 12.5 Å². The zero-order valence-electron chi connectivity index (χ0n) is 15.5. The lowest BCUT2D eigenvalue weighted by atomic mass is 10.1. The van der Waals surface area contributed by atoms with E-state index >= 15 is 0 Å². The molecule has 0 bridgehead atoms. The molecule has 0 aliphatic heterocycles. The summed E-state index contributed by atoms with van der Waals surface area (Å²) in [7, 11) is 5.14. The van der Waals surface area contributed by atoms with Crippen LogP contribution in [0, 0.1) is 0 Å². The number of hydrogen-bond acceptors (Lipinski definition) is 5. The molecule has 1 unspecified atom stereocenters. The minimum absolute atomic E-state index is 0.130. The summed E-state index contributed by atoms with van der Waals surface area (Å²) in [6.45, 7) is 2.57. The summed E-state index contributed by atoms with van der Waals surface area (Å²) in [6, 6.07) is 8.97. The van der Waals surface area contributed by atoms with Crippen LogP contribution in [0.2, 0.25) is 5.15 Å². The molecule has 1 N–H and O–H groups in total. The number of nitrogens with one attached hydrogen (secondary N) is 1. The number of amides is 1. The van der Waals surface area contributed by atoms with E-state index < -0.39 is 0 Å². The highest BCUT2D eigenvalue weighted by molar-refractivity contribution is 6.32. The number of halogens is 1. The second kappa shape index (κ2) is 9.40. The fourth-order valence-corrected chi connectivity index (χ4v) is 2.62. The maximum atomic E-state index is 12.4. The Labute approximate surface area is 159 Å². The first-order valence-electron chi connectivity index (χ1n) is 8.28. The largest absolute Gasteiger partial charge is 0.493 e. The molecule has 0 spiro atoms. The third kappa shape index (κ3) is 5.09. The highest BCUT2D eigenvalue weighted by atomic mass is 35.5. The van der Waals surface area contributed by atoms with Crippen LogP contribution in [-0.4, -0.2) is 49.6 Å². The summed E-state index contributed by atoms with van der Waals surface area (Å²) in [5.41, 5.74) is 1.62. The monoisotopic (exact) mass is 377 g/mol. The Kier molecular flexibility index (Phi) is 7.24. The molecule has 0 saturated carbocycles. The van der Waals surface area contributed by atoms with Crippen LogP contribution >= 0.6 is 11.6 Å². The van der Waals surface area contributed by atoms with Crippen molar-refractivity contribution in [3.63, 3.8) is 0 Å². The Morgan fingerprint density at radius 1 is 1.27 bits per heavy atom. The van der Waals surface area contributed by atoms with Gasteiger partial charge in [-0.15, -0.1) is 0 Å². The molecule has 1 atom stereocenters. The zero-order chi connectivity index (χ0) is 19.1. The molecule has 0 aliphatic carbocycles. The molecule has 26 heavy (non-hydrogen) atoms. The van der Waals surface area contributed by atoms with Crippen molar-refractivity contribution in [3.8, 4) is 11.5 Å². The topological polar surface area (TPSA) is 63.7 Å². The third-order valence-electron chi connectivity index (χ3n) is 4.26. The molecule has 0 aliphatic rings. The fourth-order valence-electron chi connectivity index (χ4n) is 2.45. The van der Waals surface area contributed by atoms with E-state index in [2.05, 4.69) is 10.3 Å². The van der Waals surface area contributed by atoms with Crippen molar-refractivity contribution in [1.29, 1.82) is 0 Å². The van der Waals surface area contributed by atoms with Crippen LogP contribution in [0.15, 0.2) is 36.5 Å². The van der Waals surface area contributed by atoms with Crippen LogP contribution in [0.3, 0.4) is 0 Å². The summed E-state index contributed by atoms with van der Waals surface area (Å²) in [5.74, 6) is 1.27. The molecule has 1 aromatic heterocycles. The Morgan fingerprint density at radius 2 is 2.00 bits per heavy atom. The van der Waals surface area contributed by atoms with Crippen molar-refractivity contribution in [3.05, 3.63) is 47.2 Å². The van der Waals surface area contributed by atoms with Crippen LogP contribution in [0.5, 0.6) is 11.5 Å².